The van der Waals surface area contributed by atoms with Gasteiger partial charge >= 0.3 is 5.97 Å². The van der Waals surface area contributed by atoms with Crippen molar-refractivity contribution in [3.63, 3.8) is 0 Å². The van der Waals surface area contributed by atoms with E-state index in [2.05, 4.69) is 9.46 Å². The first-order valence-corrected chi connectivity index (χ1v) is 8.29. The SMILES string of the molecule is COC(=O)c1cccc(Cl)c1NS(=O)(=O)c1ccc(OC)cc1. The highest BCUT2D eigenvalue weighted by atomic mass is 35.5. The van der Waals surface area contributed by atoms with Crippen LogP contribution in [0.15, 0.2) is 47.4 Å². The van der Waals surface area contributed by atoms with Crippen molar-refractivity contribution < 1.29 is 22.7 Å². The Bertz CT molecular complexity index is 818. The van der Waals surface area contributed by atoms with Crippen molar-refractivity contribution in [3.8, 4) is 5.75 Å². The third kappa shape index (κ3) is 3.75. The minimum atomic E-state index is -3.92. The maximum Gasteiger partial charge on any atom is 0.340 e. The number of esters is 1. The first-order chi connectivity index (χ1) is 10.9. The van der Waals surface area contributed by atoms with Gasteiger partial charge in [-0.2, -0.15) is 0 Å². The highest BCUT2D eigenvalue weighted by molar-refractivity contribution is 7.92. The lowest BCUT2D eigenvalue weighted by Crippen LogP contribution is -2.16. The van der Waals surface area contributed by atoms with Crippen molar-refractivity contribution >= 4 is 33.3 Å². The van der Waals surface area contributed by atoms with Crippen LogP contribution in [0.1, 0.15) is 10.4 Å². The van der Waals surface area contributed by atoms with E-state index in [0.717, 1.165) is 0 Å². The lowest BCUT2D eigenvalue weighted by molar-refractivity contribution is 0.0602. The zero-order valence-electron chi connectivity index (χ0n) is 12.4. The van der Waals surface area contributed by atoms with Crippen LogP contribution in [0.4, 0.5) is 5.69 Å². The van der Waals surface area contributed by atoms with Crippen LogP contribution in [0, 0.1) is 0 Å². The molecule has 0 heterocycles. The number of ether oxygens (including phenoxy) is 2. The molecular weight excluding hydrogens is 342 g/mol. The fourth-order valence-electron chi connectivity index (χ4n) is 1.86. The van der Waals surface area contributed by atoms with Crippen molar-refractivity contribution in [2.24, 2.45) is 0 Å². The Kier molecular flexibility index (Phi) is 5.12. The number of halogens is 1. The highest BCUT2D eigenvalue weighted by Crippen LogP contribution is 2.29. The zero-order valence-corrected chi connectivity index (χ0v) is 13.9. The van der Waals surface area contributed by atoms with Crippen molar-refractivity contribution in [3.05, 3.63) is 53.1 Å². The molecule has 0 saturated heterocycles. The van der Waals surface area contributed by atoms with E-state index in [4.69, 9.17) is 16.3 Å². The monoisotopic (exact) mass is 355 g/mol. The summed E-state index contributed by atoms with van der Waals surface area (Å²) in [6.07, 6.45) is 0. The van der Waals surface area contributed by atoms with Gasteiger partial charge in [-0.1, -0.05) is 17.7 Å². The van der Waals surface area contributed by atoms with E-state index in [0.29, 0.717) is 5.75 Å². The summed E-state index contributed by atoms with van der Waals surface area (Å²) in [4.78, 5) is 11.8. The van der Waals surface area contributed by atoms with Gasteiger partial charge < -0.3 is 9.47 Å². The Morgan fingerprint density at radius 3 is 2.30 bits per heavy atom. The number of benzene rings is 2. The molecule has 2 aromatic rings. The largest absolute Gasteiger partial charge is 0.497 e. The summed E-state index contributed by atoms with van der Waals surface area (Å²) in [5.74, 6) is -0.170. The Labute approximate surface area is 139 Å². The van der Waals surface area contributed by atoms with Gasteiger partial charge in [0.05, 0.1) is 35.4 Å². The van der Waals surface area contributed by atoms with Crippen LogP contribution >= 0.6 is 11.6 Å². The summed E-state index contributed by atoms with van der Waals surface area (Å²) in [5.41, 5.74) is -0.00563. The molecular formula is C15H14ClNO5S. The van der Waals surface area contributed by atoms with E-state index in [1.165, 1.54) is 56.7 Å². The molecule has 8 heteroatoms. The van der Waals surface area contributed by atoms with Gasteiger partial charge in [-0.05, 0) is 36.4 Å². The number of sulfonamides is 1. The van der Waals surface area contributed by atoms with Gasteiger partial charge in [-0.15, -0.1) is 0 Å². The van der Waals surface area contributed by atoms with Gasteiger partial charge in [0.2, 0.25) is 0 Å². The molecule has 2 aromatic carbocycles. The molecule has 0 fully saturated rings. The normalized spacial score (nSPS) is 10.9. The van der Waals surface area contributed by atoms with Gasteiger partial charge in [-0.3, -0.25) is 4.72 Å². The molecule has 0 aliphatic heterocycles. The summed E-state index contributed by atoms with van der Waals surface area (Å²) in [6.45, 7) is 0. The molecule has 0 saturated carbocycles. The topological polar surface area (TPSA) is 81.7 Å². The number of rotatable bonds is 5. The lowest BCUT2D eigenvalue weighted by Gasteiger charge is -2.13. The van der Waals surface area contributed by atoms with Gasteiger partial charge in [0, 0.05) is 0 Å². The summed E-state index contributed by atoms with van der Waals surface area (Å²) >= 11 is 6.02. The molecule has 0 spiro atoms. The summed E-state index contributed by atoms with van der Waals surface area (Å²) < 4.78 is 36.9. The van der Waals surface area contributed by atoms with E-state index < -0.39 is 16.0 Å². The van der Waals surface area contributed by atoms with Crippen LogP contribution in [-0.2, 0) is 14.8 Å². The van der Waals surface area contributed by atoms with Gasteiger partial charge in [0.15, 0.2) is 0 Å². The number of carbonyl (C=O) groups is 1. The minimum absolute atomic E-state index is 0.00837. The van der Waals surface area contributed by atoms with E-state index >= 15 is 0 Å². The molecule has 0 aliphatic carbocycles. The molecule has 23 heavy (non-hydrogen) atoms. The number of anilines is 1. The number of carbonyl (C=O) groups excluding carboxylic acids is 1. The molecule has 122 valence electrons. The highest BCUT2D eigenvalue weighted by Gasteiger charge is 2.21. The van der Waals surface area contributed by atoms with Crippen molar-refractivity contribution in [2.45, 2.75) is 4.90 Å². The predicted molar refractivity (Wildman–Crippen MR) is 86.6 cm³/mol. The number of hydrogen-bond acceptors (Lipinski definition) is 5. The Morgan fingerprint density at radius 1 is 1.09 bits per heavy atom. The number of nitrogens with one attached hydrogen (secondary N) is 1. The molecule has 1 N–H and O–H groups in total. The van der Waals surface area contributed by atoms with E-state index in [9.17, 15) is 13.2 Å². The second-order valence-electron chi connectivity index (χ2n) is 4.44. The number of hydrogen-bond donors (Lipinski definition) is 1. The number of para-hydroxylation sites is 1. The zero-order chi connectivity index (χ0) is 17.0. The fraction of sp³-hybridized carbons (Fsp3) is 0.133. The van der Waals surface area contributed by atoms with Crippen molar-refractivity contribution in [1.29, 1.82) is 0 Å². The summed E-state index contributed by atoms with van der Waals surface area (Å²) in [5, 5.41) is 0.0880. The van der Waals surface area contributed by atoms with E-state index in [-0.39, 0.29) is 21.2 Å². The predicted octanol–water partition coefficient (Wildman–Crippen LogP) is 2.94. The van der Waals surface area contributed by atoms with Gasteiger partial charge in [0.25, 0.3) is 10.0 Å². The third-order valence-electron chi connectivity index (χ3n) is 3.03. The third-order valence-corrected chi connectivity index (χ3v) is 4.71. The molecule has 2 rings (SSSR count). The Morgan fingerprint density at radius 2 is 1.74 bits per heavy atom. The minimum Gasteiger partial charge on any atom is -0.497 e. The van der Waals surface area contributed by atoms with Gasteiger partial charge in [0.1, 0.15) is 5.75 Å². The molecule has 6 nitrogen and oxygen atoms in total. The van der Waals surface area contributed by atoms with E-state index in [1.54, 1.807) is 0 Å². The fourth-order valence-corrected chi connectivity index (χ4v) is 3.23. The van der Waals surface area contributed by atoms with Crippen LogP contribution < -0.4 is 9.46 Å². The number of methoxy groups -OCH3 is 2. The van der Waals surface area contributed by atoms with E-state index in [1.807, 2.05) is 0 Å². The average molecular weight is 356 g/mol. The molecule has 0 aromatic heterocycles. The van der Waals surface area contributed by atoms with Crippen molar-refractivity contribution in [1.82, 2.24) is 0 Å². The van der Waals surface area contributed by atoms with Crippen molar-refractivity contribution in [2.75, 3.05) is 18.9 Å². The molecule has 0 aliphatic rings. The molecule has 0 bridgehead atoms. The van der Waals surface area contributed by atoms with Crippen LogP contribution in [0.3, 0.4) is 0 Å². The molecule has 0 atom stereocenters. The average Bonchev–Trinajstić information content (AvgIpc) is 2.56. The summed E-state index contributed by atoms with van der Waals surface area (Å²) in [6, 6.07) is 10.2. The van der Waals surface area contributed by atoms with Gasteiger partial charge in [-0.25, -0.2) is 13.2 Å². The molecule has 0 unspecified atom stereocenters. The van der Waals surface area contributed by atoms with Crippen LogP contribution in [0.25, 0.3) is 0 Å². The first-order valence-electron chi connectivity index (χ1n) is 6.42. The second-order valence-corrected chi connectivity index (χ2v) is 6.52. The second kappa shape index (κ2) is 6.89. The van der Waals surface area contributed by atoms with Crippen LogP contribution in [0.2, 0.25) is 5.02 Å². The maximum absolute atomic E-state index is 12.5. The Balaban J connectivity index is 2.42. The first kappa shape index (κ1) is 17.1. The lowest BCUT2D eigenvalue weighted by atomic mass is 10.2. The van der Waals surface area contributed by atoms with Crippen LogP contribution in [0.5, 0.6) is 5.75 Å². The maximum atomic E-state index is 12.5. The molecule has 0 amide bonds. The quantitative estimate of drug-likeness (QED) is 0.834. The molecule has 0 radical (unpaired) electrons. The standard InChI is InChI=1S/C15H14ClNO5S/c1-21-10-6-8-11(9-7-10)23(19,20)17-14-12(15(18)22-2)4-3-5-13(14)16/h3-9,17H,1-2H3. The smallest absolute Gasteiger partial charge is 0.340 e. The van der Waals surface area contributed by atoms with Crippen LogP contribution in [-0.4, -0.2) is 28.6 Å². The Hall–Kier alpha value is -2.25. The summed E-state index contributed by atoms with van der Waals surface area (Å²) in [7, 11) is -1.24.